The number of benzene rings is 1. The van der Waals surface area contributed by atoms with Crippen molar-refractivity contribution in [3.63, 3.8) is 0 Å². The van der Waals surface area contributed by atoms with Crippen LogP contribution in [0, 0.1) is 0 Å². The molecule has 1 aliphatic heterocycles. The van der Waals surface area contributed by atoms with E-state index in [1.807, 2.05) is 0 Å². The Morgan fingerprint density at radius 1 is 1.29 bits per heavy atom. The van der Waals surface area contributed by atoms with Gasteiger partial charge in [0.1, 0.15) is 23.7 Å². The third-order valence-corrected chi connectivity index (χ3v) is 3.46. The molecule has 3 rings (SSSR count). The molecule has 8 heteroatoms. The van der Waals surface area contributed by atoms with Crippen LogP contribution < -0.4 is 4.74 Å². The fourth-order valence-corrected chi connectivity index (χ4v) is 2.24. The molecule has 2 aromatic rings. The van der Waals surface area contributed by atoms with Gasteiger partial charge in [0.25, 0.3) is 6.29 Å². The molecule has 126 valence electrons. The Hall–Kier alpha value is -2.97. The largest absolute Gasteiger partial charge is 0.506 e. The van der Waals surface area contributed by atoms with Gasteiger partial charge in [-0.2, -0.15) is 0 Å². The van der Waals surface area contributed by atoms with Crippen LogP contribution in [0.5, 0.6) is 5.75 Å². The molecule has 3 unspecified atom stereocenters. The first-order valence-electron chi connectivity index (χ1n) is 6.95. The van der Waals surface area contributed by atoms with Gasteiger partial charge in [-0.3, -0.25) is 0 Å². The van der Waals surface area contributed by atoms with Gasteiger partial charge in [0.2, 0.25) is 0 Å². The molecular formula is C16H14O8. The van der Waals surface area contributed by atoms with Crippen molar-refractivity contribution >= 4 is 23.0 Å². The first-order chi connectivity index (χ1) is 11.5. The summed E-state index contributed by atoms with van der Waals surface area (Å²) in [5.74, 6) is -1.47. The number of rotatable bonds is 4. The molecule has 24 heavy (non-hydrogen) atoms. The molecule has 1 aromatic heterocycles. The molecule has 0 saturated carbocycles. The van der Waals surface area contributed by atoms with Gasteiger partial charge in [0.05, 0.1) is 6.26 Å². The molecule has 0 amide bonds. The van der Waals surface area contributed by atoms with Crippen molar-refractivity contribution in [1.29, 1.82) is 0 Å². The number of ether oxygens (including phenoxy) is 2. The summed E-state index contributed by atoms with van der Waals surface area (Å²) in [6.45, 7) is 0. The van der Waals surface area contributed by atoms with Crippen molar-refractivity contribution in [2.45, 2.75) is 18.5 Å². The first kappa shape index (κ1) is 15.9. The van der Waals surface area contributed by atoms with E-state index < -0.39 is 30.2 Å². The van der Waals surface area contributed by atoms with E-state index in [4.69, 9.17) is 19.0 Å². The first-order valence-corrected chi connectivity index (χ1v) is 6.95. The molecule has 2 heterocycles. The van der Waals surface area contributed by atoms with Crippen LogP contribution in [0.15, 0.2) is 47.0 Å². The monoisotopic (exact) mass is 334 g/mol. The van der Waals surface area contributed by atoms with E-state index in [-0.39, 0.29) is 5.75 Å². The number of hydrogen-bond acceptors (Lipinski definition) is 7. The van der Waals surface area contributed by atoms with Gasteiger partial charge in [0.15, 0.2) is 11.9 Å². The summed E-state index contributed by atoms with van der Waals surface area (Å²) in [6.07, 6.45) is 0.235. The third-order valence-electron chi connectivity index (χ3n) is 3.46. The molecule has 0 aliphatic carbocycles. The molecule has 0 spiro atoms. The van der Waals surface area contributed by atoms with Crippen molar-refractivity contribution in [3.05, 3.63) is 48.1 Å². The topological polar surface area (TPSA) is 130 Å². The second-order valence-corrected chi connectivity index (χ2v) is 5.12. The van der Waals surface area contributed by atoms with Crippen LogP contribution in [0.1, 0.15) is 5.56 Å². The fourth-order valence-electron chi connectivity index (χ4n) is 2.24. The highest BCUT2D eigenvalue weighted by atomic mass is 16.7. The number of carbonyl (C=O) groups is 1. The molecule has 8 nitrogen and oxygen atoms in total. The van der Waals surface area contributed by atoms with Crippen molar-refractivity contribution in [2.24, 2.45) is 0 Å². The summed E-state index contributed by atoms with van der Waals surface area (Å²) in [5.41, 5.74) is 0.900. The van der Waals surface area contributed by atoms with Crippen LogP contribution in [0.4, 0.5) is 0 Å². The Kier molecular flexibility index (Phi) is 4.15. The number of hydrogen-bond donors (Lipinski definition) is 4. The van der Waals surface area contributed by atoms with Gasteiger partial charge in [-0.25, -0.2) is 4.79 Å². The van der Waals surface area contributed by atoms with Crippen molar-refractivity contribution in [2.75, 3.05) is 0 Å². The Morgan fingerprint density at radius 2 is 2.08 bits per heavy atom. The molecule has 1 aromatic carbocycles. The zero-order chi connectivity index (χ0) is 17.3. The van der Waals surface area contributed by atoms with Gasteiger partial charge >= 0.3 is 5.97 Å². The maximum atomic E-state index is 10.7. The van der Waals surface area contributed by atoms with Gasteiger partial charge < -0.3 is 34.3 Å². The van der Waals surface area contributed by atoms with E-state index in [1.54, 1.807) is 12.1 Å². The van der Waals surface area contributed by atoms with Gasteiger partial charge in [0, 0.05) is 23.1 Å². The number of furan rings is 1. The van der Waals surface area contributed by atoms with Crippen LogP contribution in [0.25, 0.3) is 17.0 Å². The number of aliphatic hydroxyl groups excluding tert-OH is 3. The predicted octanol–water partition coefficient (Wildman–Crippen LogP) is 1.39. The molecule has 1 aliphatic rings. The normalized spacial score (nSPS) is 23.9. The van der Waals surface area contributed by atoms with Crippen molar-refractivity contribution in [1.82, 2.24) is 0 Å². The highest BCUT2D eigenvalue weighted by Crippen LogP contribution is 2.30. The van der Waals surface area contributed by atoms with Gasteiger partial charge in [-0.15, -0.1) is 0 Å². The molecular weight excluding hydrogens is 320 g/mol. The van der Waals surface area contributed by atoms with Crippen LogP contribution in [-0.4, -0.2) is 44.9 Å². The number of carboxylic acids is 1. The molecule has 0 radical (unpaired) electrons. The molecule has 4 N–H and O–H groups in total. The Morgan fingerprint density at radius 3 is 2.83 bits per heavy atom. The van der Waals surface area contributed by atoms with Gasteiger partial charge in [-0.05, 0) is 18.2 Å². The van der Waals surface area contributed by atoms with Crippen LogP contribution in [0.3, 0.4) is 0 Å². The average molecular weight is 334 g/mol. The number of carboxylic acid groups (broad SMARTS) is 1. The minimum absolute atomic E-state index is 0.181. The standard InChI is InChI=1S/C16H14O8/c17-10-7-23-16(15(21)14(10)20)24-12-6-11-9(3-4-22-11)5-8(12)1-2-13(18)19/h1-7,14-17,20-21H,(H,18,19)/b2-1-. The van der Waals surface area contributed by atoms with E-state index >= 15 is 0 Å². The lowest BCUT2D eigenvalue weighted by Gasteiger charge is -2.30. The van der Waals surface area contributed by atoms with Crippen LogP contribution >= 0.6 is 0 Å². The Balaban J connectivity index is 1.95. The third kappa shape index (κ3) is 3.05. The molecule has 3 atom stereocenters. The molecule has 0 fully saturated rings. The van der Waals surface area contributed by atoms with Gasteiger partial charge in [-0.1, -0.05) is 0 Å². The summed E-state index contributed by atoms with van der Waals surface area (Å²) >= 11 is 0. The maximum absolute atomic E-state index is 10.7. The fraction of sp³-hybridized carbons (Fsp3) is 0.188. The van der Waals surface area contributed by atoms with E-state index in [1.165, 1.54) is 18.4 Å². The summed E-state index contributed by atoms with van der Waals surface area (Å²) in [4.78, 5) is 10.7. The van der Waals surface area contributed by atoms with Crippen molar-refractivity contribution < 1.29 is 39.1 Å². The van der Waals surface area contributed by atoms with Crippen LogP contribution in [-0.2, 0) is 9.53 Å². The SMILES string of the molecule is O=C(O)/C=C\c1cc2ccoc2cc1OC1OC=C(O)C(O)C1O. The predicted molar refractivity (Wildman–Crippen MR) is 81.1 cm³/mol. The summed E-state index contributed by atoms with van der Waals surface area (Å²) in [6, 6.07) is 4.86. The smallest absolute Gasteiger partial charge is 0.328 e. The lowest BCUT2D eigenvalue weighted by molar-refractivity contribution is -0.163. The molecule has 0 bridgehead atoms. The number of fused-ring (bicyclic) bond motifs is 1. The Bertz CT molecular complexity index is 819. The zero-order valence-electron chi connectivity index (χ0n) is 12.2. The average Bonchev–Trinajstić information content (AvgIpc) is 3.00. The van der Waals surface area contributed by atoms with Crippen molar-refractivity contribution in [3.8, 4) is 5.75 Å². The lowest BCUT2D eigenvalue weighted by atomic mass is 10.1. The number of aliphatic carboxylic acids is 1. The number of aliphatic hydroxyl groups is 3. The second kappa shape index (κ2) is 6.26. The second-order valence-electron chi connectivity index (χ2n) is 5.12. The van der Waals surface area contributed by atoms with E-state index in [0.717, 1.165) is 17.7 Å². The lowest BCUT2D eigenvalue weighted by Crippen LogP contribution is -2.45. The van der Waals surface area contributed by atoms with Crippen LogP contribution in [0.2, 0.25) is 0 Å². The quantitative estimate of drug-likeness (QED) is 0.617. The molecule has 0 saturated heterocycles. The minimum atomic E-state index is -1.55. The van der Waals surface area contributed by atoms with E-state index in [2.05, 4.69) is 0 Å². The summed E-state index contributed by atoms with van der Waals surface area (Å²) < 4.78 is 15.8. The summed E-state index contributed by atoms with van der Waals surface area (Å²) in [5, 5.41) is 38.4. The highest BCUT2D eigenvalue weighted by Gasteiger charge is 2.36. The van der Waals surface area contributed by atoms with E-state index in [9.17, 15) is 20.1 Å². The summed E-state index contributed by atoms with van der Waals surface area (Å²) in [7, 11) is 0. The Labute approximate surface area is 135 Å². The maximum Gasteiger partial charge on any atom is 0.328 e. The zero-order valence-corrected chi connectivity index (χ0v) is 12.2. The van der Waals surface area contributed by atoms with E-state index in [0.29, 0.717) is 11.1 Å². The minimum Gasteiger partial charge on any atom is -0.506 e. The highest BCUT2D eigenvalue weighted by molar-refractivity contribution is 5.89.